The summed E-state index contributed by atoms with van der Waals surface area (Å²) in [7, 11) is -4.54. The summed E-state index contributed by atoms with van der Waals surface area (Å²) < 4.78 is 53.8. The maximum absolute atomic E-state index is 15.7. The Morgan fingerprint density at radius 2 is 1.91 bits per heavy atom. The molecular formula is C31H32FN4O8P. The van der Waals surface area contributed by atoms with E-state index in [0.29, 0.717) is 5.39 Å². The van der Waals surface area contributed by atoms with Crippen LogP contribution in [0.1, 0.15) is 18.7 Å². The van der Waals surface area contributed by atoms with Gasteiger partial charge in [0.25, 0.3) is 0 Å². The Labute approximate surface area is 257 Å². The summed E-state index contributed by atoms with van der Waals surface area (Å²) in [4.78, 5) is 28.9. The Kier molecular flexibility index (Phi) is 9.47. The fourth-order valence-electron chi connectivity index (χ4n) is 4.79. The highest BCUT2D eigenvalue weighted by atomic mass is 31.2. The molecular weight excluding hydrogens is 606 g/mol. The van der Waals surface area contributed by atoms with Crippen molar-refractivity contribution in [2.45, 2.75) is 43.7 Å². The zero-order chi connectivity index (χ0) is 32.2. The summed E-state index contributed by atoms with van der Waals surface area (Å²) in [5.74, 6) is -0.676. The molecule has 0 radical (unpaired) electrons. The second-order valence-electron chi connectivity index (χ2n) is 10.4. The number of esters is 1. The Bertz CT molecular complexity index is 1790. The zero-order valence-electron chi connectivity index (χ0n) is 24.2. The van der Waals surface area contributed by atoms with Crippen LogP contribution in [0.15, 0.2) is 103 Å². The molecule has 12 nitrogen and oxygen atoms in total. The van der Waals surface area contributed by atoms with Gasteiger partial charge in [-0.15, -0.1) is 6.58 Å². The molecule has 1 aromatic heterocycles. The lowest BCUT2D eigenvalue weighted by Gasteiger charge is -2.30. The van der Waals surface area contributed by atoms with Gasteiger partial charge in [0.2, 0.25) is 0 Å². The first-order chi connectivity index (χ1) is 21.5. The lowest BCUT2D eigenvalue weighted by Crippen LogP contribution is -2.43. The molecule has 4 aromatic rings. The van der Waals surface area contributed by atoms with Crippen LogP contribution < -0.4 is 21.0 Å². The number of hydrogen-bond donors (Lipinski definition) is 3. The van der Waals surface area contributed by atoms with Gasteiger partial charge in [0.1, 0.15) is 35.9 Å². The van der Waals surface area contributed by atoms with E-state index in [1.165, 1.54) is 19.2 Å². The van der Waals surface area contributed by atoms with E-state index in [1.807, 2.05) is 24.3 Å². The molecule has 14 heteroatoms. The van der Waals surface area contributed by atoms with Gasteiger partial charge in [-0.05, 0) is 30.0 Å². The van der Waals surface area contributed by atoms with Crippen LogP contribution in [0, 0.1) is 0 Å². The van der Waals surface area contributed by atoms with E-state index < -0.39 is 56.2 Å². The summed E-state index contributed by atoms with van der Waals surface area (Å²) in [6.07, 6.45) is -3.36. The van der Waals surface area contributed by atoms with Gasteiger partial charge in [-0.25, -0.2) is 13.8 Å². The number of aromatic nitrogens is 2. The van der Waals surface area contributed by atoms with Crippen LogP contribution in [-0.2, 0) is 30.0 Å². The van der Waals surface area contributed by atoms with Gasteiger partial charge in [-0.1, -0.05) is 72.8 Å². The van der Waals surface area contributed by atoms with Gasteiger partial charge in [-0.2, -0.15) is 10.1 Å². The molecule has 6 atom stereocenters. The number of fused-ring (bicyclic) bond motifs is 1. The average Bonchev–Trinajstić information content (AvgIpc) is 3.29. The van der Waals surface area contributed by atoms with E-state index >= 15 is 4.39 Å². The second-order valence-corrected chi connectivity index (χ2v) is 12.1. The zero-order valence-corrected chi connectivity index (χ0v) is 25.1. The third-order valence-corrected chi connectivity index (χ3v) is 8.84. The number of carbonyl (C=O) groups excluding carboxylic acids is 1. The van der Waals surface area contributed by atoms with Crippen molar-refractivity contribution >= 4 is 30.3 Å². The van der Waals surface area contributed by atoms with Gasteiger partial charge in [0.15, 0.2) is 12.4 Å². The molecule has 0 amide bonds. The van der Waals surface area contributed by atoms with Crippen molar-refractivity contribution in [1.82, 2.24) is 14.6 Å². The number of hydrogen-bond acceptors (Lipinski definition) is 10. The van der Waals surface area contributed by atoms with Crippen LogP contribution in [0.4, 0.5) is 10.2 Å². The number of alkyl halides is 1. The van der Waals surface area contributed by atoms with Crippen LogP contribution in [0.25, 0.3) is 10.8 Å². The SMILES string of the molecule is C=C[C@]1(COP(=O)(N[C@@H](C)C(=O)OCc2ccccc2)Oc2cccc3ccccc23)O[C@@H](n2ccc(N)nc2=O)[C@H](O)[C@@H]1F. The summed E-state index contributed by atoms with van der Waals surface area (Å²) >= 11 is 0. The number of aliphatic hydroxyl groups excluding tert-OH is 1. The predicted octanol–water partition coefficient (Wildman–Crippen LogP) is 4.06. The maximum atomic E-state index is 15.7. The molecule has 1 unspecified atom stereocenters. The van der Waals surface area contributed by atoms with Crippen molar-refractivity contribution in [3.05, 3.63) is 114 Å². The number of benzene rings is 3. The van der Waals surface area contributed by atoms with Crippen LogP contribution in [-0.4, -0.2) is 51.2 Å². The monoisotopic (exact) mass is 638 g/mol. The second kappa shape index (κ2) is 13.3. The highest BCUT2D eigenvalue weighted by Crippen LogP contribution is 2.49. The molecule has 1 fully saturated rings. The fraction of sp³-hybridized carbons (Fsp3) is 0.258. The quantitative estimate of drug-likeness (QED) is 0.116. The van der Waals surface area contributed by atoms with E-state index in [4.69, 9.17) is 24.3 Å². The van der Waals surface area contributed by atoms with Crippen LogP contribution >= 0.6 is 7.75 Å². The number of nitrogens with zero attached hydrogens (tertiary/aromatic N) is 2. The Hall–Kier alpha value is -4.39. The van der Waals surface area contributed by atoms with E-state index in [0.717, 1.165) is 21.6 Å². The third kappa shape index (κ3) is 6.98. The molecule has 3 aromatic carbocycles. The molecule has 0 saturated carbocycles. The minimum atomic E-state index is -4.54. The van der Waals surface area contributed by atoms with Crippen LogP contribution in [0.2, 0.25) is 0 Å². The molecule has 236 valence electrons. The van der Waals surface area contributed by atoms with Gasteiger partial charge in [0.05, 0.1) is 6.61 Å². The molecule has 1 aliphatic rings. The Morgan fingerprint density at radius 3 is 2.64 bits per heavy atom. The molecule has 0 bridgehead atoms. The molecule has 2 heterocycles. The van der Waals surface area contributed by atoms with Gasteiger partial charge in [-0.3, -0.25) is 13.9 Å². The summed E-state index contributed by atoms with van der Waals surface area (Å²) in [5.41, 5.74) is 3.31. The molecule has 1 saturated heterocycles. The lowest BCUT2D eigenvalue weighted by atomic mass is 9.98. The van der Waals surface area contributed by atoms with Gasteiger partial charge in [0, 0.05) is 11.6 Å². The van der Waals surface area contributed by atoms with Crippen molar-refractivity contribution in [1.29, 1.82) is 0 Å². The minimum Gasteiger partial charge on any atom is -0.460 e. The van der Waals surface area contributed by atoms with Gasteiger partial charge >= 0.3 is 19.4 Å². The van der Waals surface area contributed by atoms with E-state index in [1.54, 1.807) is 48.5 Å². The fourth-order valence-corrected chi connectivity index (χ4v) is 6.34. The number of carbonyl (C=O) groups is 1. The summed E-state index contributed by atoms with van der Waals surface area (Å²) in [6.45, 7) is 4.20. The highest BCUT2D eigenvalue weighted by molar-refractivity contribution is 7.52. The first kappa shape index (κ1) is 32.0. The van der Waals surface area contributed by atoms with Crippen LogP contribution in [0.3, 0.4) is 0 Å². The number of anilines is 1. The number of aliphatic hydroxyl groups is 1. The molecule has 1 aliphatic heterocycles. The summed E-state index contributed by atoms with van der Waals surface area (Å²) in [5, 5.41) is 14.7. The van der Waals surface area contributed by atoms with Crippen molar-refractivity contribution in [3.63, 3.8) is 0 Å². The number of halogens is 1. The molecule has 45 heavy (non-hydrogen) atoms. The Morgan fingerprint density at radius 1 is 1.20 bits per heavy atom. The largest absolute Gasteiger partial charge is 0.460 e. The van der Waals surface area contributed by atoms with E-state index in [-0.39, 0.29) is 18.2 Å². The number of nitrogen functional groups attached to an aromatic ring is 1. The number of rotatable bonds is 12. The van der Waals surface area contributed by atoms with E-state index in [9.17, 15) is 19.3 Å². The number of nitrogens with two attached hydrogens (primary N) is 1. The van der Waals surface area contributed by atoms with Crippen molar-refractivity contribution in [2.75, 3.05) is 12.3 Å². The average molecular weight is 639 g/mol. The number of ether oxygens (including phenoxy) is 2. The van der Waals surface area contributed by atoms with Crippen molar-refractivity contribution in [2.24, 2.45) is 0 Å². The van der Waals surface area contributed by atoms with E-state index in [2.05, 4.69) is 16.7 Å². The first-order valence-electron chi connectivity index (χ1n) is 13.9. The summed E-state index contributed by atoms with van der Waals surface area (Å²) in [6, 6.07) is 21.3. The molecule has 4 N–H and O–H groups in total. The maximum Gasteiger partial charge on any atom is 0.459 e. The standard InChI is InChI=1S/C31H32FN4O8P/c1-3-31(27(32)26(37)28(43-31)36-17-16-25(33)34-30(36)39)19-42-45(40,44-24-15-9-13-22-12-7-8-14-23(22)24)35-20(2)29(38)41-18-21-10-5-4-6-11-21/h3-17,20,26-28,37H,1,18-19H2,2H3,(H,35,40)(H2,33,34,39)/t20-,26+,27-,28+,31+,45?/m0/s1. The topological polar surface area (TPSA) is 164 Å². The predicted molar refractivity (Wildman–Crippen MR) is 164 cm³/mol. The van der Waals surface area contributed by atoms with Crippen LogP contribution in [0.5, 0.6) is 5.75 Å². The molecule has 0 spiro atoms. The molecule has 0 aliphatic carbocycles. The minimum absolute atomic E-state index is 0.0311. The highest BCUT2D eigenvalue weighted by Gasteiger charge is 2.56. The normalized spacial score (nSPS) is 23.2. The lowest BCUT2D eigenvalue weighted by molar-refractivity contribution is -0.146. The smallest absolute Gasteiger partial charge is 0.459 e. The Balaban J connectivity index is 1.40. The van der Waals surface area contributed by atoms with Crippen molar-refractivity contribution in [3.8, 4) is 5.75 Å². The number of nitrogens with one attached hydrogen (secondary N) is 1. The van der Waals surface area contributed by atoms with Crippen molar-refractivity contribution < 1.29 is 37.4 Å². The van der Waals surface area contributed by atoms with Gasteiger partial charge < -0.3 is 24.8 Å². The third-order valence-electron chi connectivity index (χ3n) is 7.23. The molecule has 5 rings (SSSR count). The first-order valence-corrected chi connectivity index (χ1v) is 15.5.